The third-order valence-electron chi connectivity index (χ3n) is 3.55. The second-order valence-electron chi connectivity index (χ2n) is 4.80. The summed E-state index contributed by atoms with van der Waals surface area (Å²) in [6.45, 7) is 1.08. The van der Waals surface area contributed by atoms with Crippen LogP contribution in [0, 0.1) is 0 Å². The van der Waals surface area contributed by atoms with Crippen molar-refractivity contribution in [3.63, 3.8) is 0 Å². The Hall–Kier alpha value is -2.44. The number of amides is 1. The lowest BCUT2D eigenvalue weighted by molar-refractivity contribution is 0.131. The predicted molar refractivity (Wildman–Crippen MR) is 71.2 cm³/mol. The lowest BCUT2D eigenvalue weighted by Crippen LogP contribution is -2.37. The van der Waals surface area contributed by atoms with E-state index >= 15 is 0 Å². The first-order valence-electron chi connectivity index (χ1n) is 6.55. The summed E-state index contributed by atoms with van der Waals surface area (Å²) >= 11 is 0. The summed E-state index contributed by atoms with van der Waals surface area (Å²) in [7, 11) is 0. The van der Waals surface area contributed by atoms with E-state index in [4.69, 9.17) is 5.11 Å². The Bertz CT molecular complexity index is 590. The molecule has 3 rings (SSSR count). The van der Waals surface area contributed by atoms with Gasteiger partial charge in [-0.15, -0.1) is 0 Å². The number of rotatable bonds is 2. The van der Waals surface area contributed by atoms with E-state index in [-0.39, 0.29) is 5.92 Å². The molecule has 2 N–H and O–H groups in total. The van der Waals surface area contributed by atoms with Crippen molar-refractivity contribution in [2.75, 3.05) is 13.1 Å². The molecule has 1 aliphatic heterocycles. The zero-order valence-electron chi connectivity index (χ0n) is 10.9. The van der Waals surface area contributed by atoms with E-state index in [1.165, 1.54) is 4.90 Å². The number of carbonyl (C=O) groups is 1. The van der Waals surface area contributed by atoms with Crippen LogP contribution >= 0.6 is 0 Å². The Morgan fingerprint density at radius 3 is 2.80 bits per heavy atom. The number of aromatic nitrogens is 4. The Labute approximate surface area is 115 Å². The molecule has 104 valence electrons. The molecule has 1 fully saturated rings. The average Bonchev–Trinajstić information content (AvgIpc) is 2.98. The lowest BCUT2D eigenvalue weighted by atomic mass is 9.96. The van der Waals surface area contributed by atoms with E-state index in [0.717, 1.165) is 24.4 Å². The van der Waals surface area contributed by atoms with Crippen LogP contribution in [0.3, 0.4) is 0 Å². The van der Waals surface area contributed by atoms with Crippen molar-refractivity contribution in [1.29, 1.82) is 0 Å². The summed E-state index contributed by atoms with van der Waals surface area (Å²) in [4.78, 5) is 21.0. The van der Waals surface area contributed by atoms with Gasteiger partial charge >= 0.3 is 6.09 Å². The van der Waals surface area contributed by atoms with Gasteiger partial charge in [-0.05, 0) is 25.0 Å². The molecule has 0 aliphatic carbocycles. The van der Waals surface area contributed by atoms with Crippen LogP contribution in [-0.2, 0) is 0 Å². The van der Waals surface area contributed by atoms with Crippen LogP contribution in [0.1, 0.15) is 24.6 Å². The van der Waals surface area contributed by atoms with Gasteiger partial charge in [0.1, 0.15) is 11.5 Å². The molecule has 2 aromatic rings. The Kier molecular flexibility index (Phi) is 3.32. The summed E-state index contributed by atoms with van der Waals surface area (Å²) in [5, 5.41) is 16.1. The fourth-order valence-corrected chi connectivity index (χ4v) is 2.41. The van der Waals surface area contributed by atoms with Crippen LogP contribution < -0.4 is 0 Å². The number of aromatic amines is 1. The highest BCUT2D eigenvalue weighted by Gasteiger charge is 2.25. The second kappa shape index (κ2) is 5.28. The van der Waals surface area contributed by atoms with Gasteiger partial charge in [0.05, 0.1) is 0 Å². The number of carboxylic acid groups (broad SMARTS) is 1. The number of hydrogen-bond acceptors (Lipinski definition) is 4. The van der Waals surface area contributed by atoms with Crippen LogP contribution in [0.25, 0.3) is 11.5 Å². The molecule has 0 radical (unpaired) electrons. The highest BCUT2D eigenvalue weighted by molar-refractivity contribution is 5.65. The van der Waals surface area contributed by atoms with Crippen molar-refractivity contribution in [3.05, 3.63) is 30.2 Å². The molecule has 0 atom stereocenters. The van der Waals surface area contributed by atoms with Crippen molar-refractivity contribution in [2.24, 2.45) is 0 Å². The van der Waals surface area contributed by atoms with E-state index in [2.05, 4.69) is 20.2 Å². The molecule has 3 heterocycles. The van der Waals surface area contributed by atoms with E-state index in [1.807, 2.05) is 18.2 Å². The minimum atomic E-state index is -0.852. The third-order valence-corrected chi connectivity index (χ3v) is 3.55. The maximum atomic E-state index is 10.9. The first-order chi connectivity index (χ1) is 9.74. The van der Waals surface area contributed by atoms with Crippen LogP contribution in [0.15, 0.2) is 24.4 Å². The number of piperidine rings is 1. The molecule has 0 spiro atoms. The zero-order chi connectivity index (χ0) is 13.9. The van der Waals surface area contributed by atoms with Crippen molar-refractivity contribution in [2.45, 2.75) is 18.8 Å². The summed E-state index contributed by atoms with van der Waals surface area (Å²) in [5.41, 5.74) is 0.734. The SMILES string of the molecule is O=C(O)N1CCC(c2nc(-c3ccccn3)n[nH]2)CC1. The summed E-state index contributed by atoms with van der Waals surface area (Å²) in [5.74, 6) is 1.63. The standard InChI is InChI=1S/C13H15N5O2/c19-13(20)18-7-4-9(5-8-18)11-15-12(17-16-11)10-3-1-2-6-14-10/h1-3,6,9H,4-5,7-8H2,(H,19,20)(H,15,16,17). The number of hydrogen-bond donors (Lipinski definition) is 2. The van der Waals surface area contributed by atoms with E-state index < -0.39 is 6.09 Å². The largest absolute Gasteiger partial charge is 0.465 e. The number of likely N-dealkylation sites (tertiary alicyclic amines) is 1. The monoisotopic (exact) mass is 273 g/mol. The molecule has 0 saturated carbocycles. The summed E-state index contributed by atoms with van der Waals surface area (Å²) < 4.78 is 0. The Morgan fingerprint density at radius 2 is 2.15 bits per heavy atom. The number of H-pyrrole nitrogens is 1. The second-order valence-corrected chi connectivity index (χ2v) is 4.80. The molecule has 2 aromatic heterocycles. The minimum absolute atomic E-state index is 0.232. The number of nitrogens with zero attached hydrogens (tertiary/aromatic N) is 4. The van der Waals surface area contributed by atoms with Gasteiger partial charge in [0.2, 0.25) is 0 Å². The quantitative estimate of drug-likeness (QED) is 0.868. The molecule has 7 heteroatoms. The normalized spacial score (nSPS) is 16.3. The van der Waals surface area contributed by atoms with Gasteiger partial charge in [0, 0.05) is 25.2 Å². The molecule has 1 amide bonds. The van der Waals surface area contributed by atoms with Gasteiger partial charge in [-0.1, -0.05) is 6.07 Å². The average molecular weight is 273 g/mol. The molecule has 0 bridgehead atoms. The van der Waals surface area contributed by atoms with Crippen molar-refractivity contribution in [3.8, 4) is 11.5 Å². The van der Waals surface area contributed by atoms with Crippen molar-refractivity contribution in [1.82, 2.24) is 25.1 Å². The maximum Gasteiger partial charge on any atom is 0.407 e. The zero-order valence-corrected chi connectivity index (χ0v) is 10.9. The maximum absolute atomic E-state index is 10.9. The Balaban J connectivity index is 1.71. The summed E-state index contributed by atoms with van der Waals surface area (Å²) in [6.07, 6.45) is 2.39. The van der Waals surface area contributed by atoms with Crippen LogP contribution in [0.5, 0.6) is 0 Å². The van der Waals surface area contributed by atoms with Gasteiger partial charge in [-0.25, -0.2) is 9.78 Å². The highest BCUT2D eigenvalue weighted by atomic mass is 16.4. The van der Waals surface area contributed by atoms with Crippen LogP contribution in [0.2, 0.25) is 0 Å². The fourth-order valence-electron chi connectivity index (χ4n) is 2.41. The van der Waals surface area contributed by atoms with E-state index in [1.54, 1.807) is 6.20 Å². The van der Waals surface area contributed by atoms with Gasteiger partial charge in [-0.3, -0.25) is 10.1 Å². The molecular weight excluding hydrogens is 258 g/mol. The Morgan fingerprint density at radius 1 is 1.35 bits per heavy atom. The fraction of sp³-hybridized carbons (Fsp3) is 0.385. The van der Waals surface area contributed by atoms with Crippen molar-refractivity contribution < 1.29 is 9.90 Å². The molecule has 20 heavy (non-hydrogen) atoms. The molecule has 1 saturated heterocycles. The first kappa shape index (κ1) is 12.6. The van der Waals surface area contributed by atoms with Gasteiger partial charge in [-0.2, -0.15) is 5.10 Å². The first-order valence-corrected chi connectivity index (χ1v) is 6.55. The summed E-state index contributed by atoms with van der Waals surface area (Å²) in [6, 6.07) is 5.60. The topological polar surface area (TPSA) is 95.0 Å². The molecule has 7 nitrogen and oxygen atoms in total. The predicted octanol–water partition coefficient (Wildman–Crippen LogP) is 1.72. The van der Waals surface area contributed by atoms with E-state index in [9.17, 15) is 4.79 Å². The smallest absolute Gasteiger partial charge is 0.407 e. The molecule has 1 aliphatic rings. The number of pyridine rings is 1. The number of nitrogens with one attached hydrogen (secondary N) is 1. The molecular formula is C13H15N5O2. The van der Waals surface area contributed by atoms with E-state index in [0.29, 0.717) is 18.9 Å². The van der Waals surface area contributed by atoms with Crippen molar-refractivity contribution >= 4 is 6.09 Å². The third kappa shape index (κ3) is 2.47. The van der Waals surface area contributed by atoms with Crippen LogP contribution in [-0.4, -0.2) is 49.4 Å². The molecule has 0 unspecified atom stereocenters. The highest BCUT2D eigenvalue weighted by Crippen LogP contribution is 2.26. The minimum Gasteiger partial charge on any atom is -0.465 e. The van der Waals surface area contributed by atoms with Crippen LogP contribution in [0.4, 0.5) is 4.79 Å². The van der Waals surface area contributed by atoms with Gasteiger partial charge in [0.15, 0.2) is 5.82 Å². The van der Waals surface area contributed by atoms with Gasteiger partial charge in [0.25, 0.3) is 0 Å². The molecule has 0 aromatic carbocycles. The lowest BCUT2D eigenvalue weighted by Gasteiger charge is -2.28. The van der Waals surface area contributed by atoms with Gasteiger partial charge < -0.3 is 10.0 Å².